The summed E-state index contributed by atoms with van der Waals surface area (Å²) in [5.41, 5.74) is 3.71. The molecule has 0 saturated carbocycles. The first-order chi connectivity index (χ1) is 16.5. The number of carboxylic acid groups (broad SMARTS) is 1. The number of rotatable bonds is 9. The van der Waals surface area contributed by atoms with Crippen LogP contribution in [0.25, 0.3) is 11.3 Å². The van der Waals surface area contributed by atoms with Gasteiger partial charge in [-0.2, -0.15) is 13.2 Å². The molecule has 0 radical (unpaired) electrons. The minimum absolute atomic E-state index is 0.00625. The van der Waals surface area contributed by atoms with Crippen molar-refractivity contribution >= 4 is 11.7 Å². The molecule has 0 amide bonds. The van der Waals surface area contributed by atoms with E-state index >= 15 is 0 Å². The number of alkyl halides is 3. The molecule has 5 nitrogen and oxygen atoms in total. The Kier molecular flexibility index (Phi) is 8.04. The van der Waals surface area contributed by atoms with E-state index in [4.69, 9.17) is 9.84 Å². The molecule has 0 aliphatic rings. The van der Waals surface area contributed by atoms with Crippen molar-refractivity contribution in [2.75, 3.05) is 18.6 Å². The number of nitrogens with zero attached hydrogens (tertiary/aromatic N) is 2. The maximum absolute atomic E-state index is 13.1. The predicted octanol–water partition coefficient (Wildman–Crippen LogP) is 6.83. The molecule has 8 heteroatoms. The van der Waals surface area contributed by atoms with Crippen LogP contribution < -0.4 is 9.64 Å². The number of halogens is 3. The summed E-state index contributed by atoms with van der Waals surface area (Å²) in [6, 6.07) is 14.5. The summed E-state index contributed by atoms with van der Waals surface area (Å²) in [5, 5.41) is 8.84. The summed E-state index contributed by atoms with van der Waals surface area (Å²) < 4.78 is 44.7. The van der Waals surface area contributed by atoms with E-state index in [1.807, 2.05) is 39.1 Å². The molecule has 3 rings (SSSR count). The van der Waals surface area contributed by atoms with Gasteiger partial charge in [-0.15, -0.1) is 0 Å². The van der Waals surface area contributed by atoms with E-state index in [2.05, 4.69) is 16.8 Å². The van der Waals surface area contributed by atoms with Crippen LogP contribution in [0.15, 0.2) is 54.6 Å². The smallest absolute Gasteiger partial charge is 0.416 e. The Morgan fingerprint density at radius 1 is 1.11 bits per heavy atom. The van der Waals surface area contributed by atoms with E-state index in [0.29, 0.717) is 17.0 Å². The van der Waals surface area contributed by atoms with Crippen molar-refractivity contribution in [3.05, 3.63) is 77.0 Å². The molecule has 2 aromatic carbocycles. The zero-order valence-corrected chi connectivity index (χ0v) is 20.2. The molecule has 35 heavy (non-hydrogen) atoms. The van der Waals surface area contributed by atoms with Crippen LogP contribution >= 0.6 is 0 Å². The van der Waals surface area contributed by atoms with Crippen molar-refractivity contribution in [1.82, 2.24) is 4.98 Å². The van der Waals surface area contributed by atoms with E-state index in [-0.39, 0.29) is 6.04 Å². The van der Waals surface area contributed by atoms with Crippen molar-refractivity contribution in [1.29, 1.82) is 0 Å². The molecule has 1 heterocycles. The van der Waals surface area contributed by atoms with Crippen LogP contribution in [0.3, 0.4) is 0 Å². The molecule has 0 aliphatic heterocycles. The SMILES string of the molecule is CCCC(c1ccc(-c2cccc(C(F)(F)F)c2)nc1C)N(C)c1ccc(OCC(=O)O)c(C)c1. The number of hydrogen-bond acceptors (Lipinski definition) is 4. The topological polar surface area (TPSA) is 62.7 Å². The first-order valence-corrected chi connectivity index (χ1v) is 11.3. The van der Waals surface area contributed by atoms with Gasteiger partial charge in [0.15, 0.2) is 6.61 Å². The fourth-order valence-electron chi connectivity index (χ4n) is 4.11. The number of aromatic nitrogens is 1. The molecule has 1 aromatic heterocycles. The number of carbonyl (C=O) groups is 1. The summed E-state index contributed by atoms with van der Waals surface area (Å²) in [5.74, 6) is -0.523. The van der Waals surface area contributed by atoms with Crippen LogP contribution in [-0.2, 0) is 11.0 Å². The first kappa shape index (κ1) is 26.1. The third-order valence-electron chi connectivity index (χ3n) is 5.92. The van der Waals surface area contributed by atoms with E-state index in [1.54, 1.807) is 18.2 Å². The number of benzene rings is 2. The van der Waals surface area contributed by atoms with Gasteiger partial charge in [-0.25, -0.2) is 4.79 Å². The molecular weight excluding hydrogens is 457 g/mol. The molecule has 1 unspecified atom stereocenters. The second-order valence-corrected chi connectivity index (χ2v) is 8.50. The maximum atomic E-state index is 13.1. The van der Waals surface area contributed by atoms with Crippen LogP contribution in [0.2, 0.25) is 0 Å². The molecule has 0 spiro atoms. The van der Waals surface area contributed by atoms with Crippen molar-refractivity contribution in [3.63, 3.8) is 0 Å². The van der Waals surface area contributed by atoms with E-state index in [1.165, 1.54) is 6.07 Å². The number of aliphatic carboxylic acids is 1. The third kappa shape index (κ3) is 6.32. The van der Waals surface area contributed by atoms with Gasteiger partial charge in [0, 0.05) is 24.0 Å². The van der Waals surface area contributed by atoms with Crippen molar-refractivity contribution in [3.8, 4) is 17.0 Å². The Morgan fingerprint density at radius 2 is 1.86 bits per heavy atom. The Labute approximate surface area is 203 Å². The third-order valence-corrected chi connectivity index (χ3v) is 5.92. The van der Waals surface area contributed by atoms with E-state index in [0.717, 1.165) is 47.5 Å². The number of pyridine rings is 1. The minimum atomic E-state index is -4.41. The lowest BCUT2D eigenvalue weighted by Crippen LogP contribution is -2.25. The largest absolute Gasteiger partial charge is 0.482 e. The molecule has 0 saturated heterocycles. The average Bonchev–Trinajstić information content (AvgIpc) is 2.81. The van der Waals surface area contributed by atoms with E-state index in [9.17, 15) is 18.0 Å². The van der Waals surface area contributed by atoms with E-state index < -0.39 is 24.3 Å². The fourth-order valence-corrected chi connectivity index (χ4v) is 4.11. The molecule has 0 aliphatic carbocycles. The fraction of sp³-hybridized carbons (Fsp3) is 0.333. The molecule has 3 aromatic rings. The molecule has 1 N–H and O–H groups in total. The van der Waals surface area contributed by atoms with Gasteiger partial charge in [0.25, 0.3) is 0 Å². The van der Waals surface area contributed by atoms with Gasteiger partial charge < -0.3 is 14.7 Å². The lowest BCUT2D eigenvalue weighted by atomic mass is 9.97. The summed E-state index contributed by atoms with van der Waals surface area (Å²) in [7, 11) is 1.98. The highest BCUT2D eigenvalue weighted by atomic mass is 19.4. The summed E-state index contributed by atoms with van der Waals surface area (Å²) in [4.78, 5) is 17.6. The lowest BCUT2D eigenvalue weighted by Gasteiger charge is -2.32. The Bertz CT molecular complexity index is 1190. The highest BCUT2D eigenvalue weighted by Gasteiger charge is 2.30. The van der Waals surface area contributed by atoms with Gasteiger partial charge in [0.1, 0.15) is 5.75 Å². The second kappa shape index (κ2) is 10.8. The number of ether oxygens (including phenoxy) is 1. The van der Waals surface area contributed by atoms with Gasteiger partial charge in [-0.3, -0.25) is 4.98 Å². The number of aryl methyl sites for hydroxylation is 2. The molecule has 0 bridgehead atoms. The Morgan fingerprint density at radius 3 is 2.46 bits per heavy atom. The normalized spacial score (nSPS) is 12.3. The summed E-state index contributed by atoms with van der Waals surface area (Å²) in [6.45, 7) is 5.42. The van der Waals surface area contributed by atoms with Crippen LogP contribution in [-0.4, -0.2) is 29.7 Å². The molecular formula is C27H29F3N2O3. The van der Waals surface area contributed by atoms with Crippen molar-refractivity contribution in [2.24, 2.45) is 0 Å². The number of anilines is 1. The van der Waals surface area contributed by atoms with Crippen molar-refractivity contribution < 1.29 is 27.8 Å². The van der Waals surface area contributed by atoms with Gasteiger partial charge in [0.2, 0.25) is 0 Å². The standard InChI is InChI=1S/C27H29F3N2O3/c1-5-7-24(32(4)21-10-13-25(17(2)14-21)35-16-26(33)34)22-11-12-23(31-18(22)3)19-8-6-9-20(15-19)27(28,29)30/h6,8-15,24H,5,7,16H2,1-4H3,(H,33,34). The number of hydrogen-bond donors (Lipinski definition) is 1. The zero-order chi connectivity index (χ0) is 25.8. The van der Waals surface area contributed by atoms with Crippen molar-refractivity contribution in [2.45, 2.75) is 45.8 Å². The van der Waals surface area contributed by atoms with Crippen LogP contribution in [0.5, 0.6) is 5.75 Å². The highest BCUT2D eigenvalue weighted by molar-refractivity contribution is 5.68. The first-order valence-electron chi connectivity index (χ1n) is 11.3. The Balaban J connectivity index is 1.90. The van der Waals surface area contributed by atoms with Gasteiger partial charge in [-0.05, 0) is 67.8 Å². The molecule has 186 valence electrons. The second-order valence-electron chi connectivity index (χ2n) is 8.50. The zero-order valence-electron chi connectivity index (χ0n) is 20.2. The lowest BCUT2D eigenvalue weighted by molar-refractivity contribution is -0.139. The quantitative estimate of drug-likeness (QED) is 0.359. The van der Waals surface area contributed by atoms with Gasteiger partial charge in [-0.1, -0.05) is 31.5 Å². The summed E-state index contributed by atoms with van der Waals surface area (Å²) >= 11 is 0. The maximum Gasteiger partial charge on any atom is 0.416 e. The monoisotopic (exact) mass is 486 g/mol. The average molecular weight is 487 g/mol. The Hall–Kier alpha value is -3.55. The van der Waals surface area contributed by atoms with Gasteiger partial charge >= 0.3 is 12.1 Å². The molecule has 1 atom stereocenters. The summed E-state index contributed by atoms with van der Waals surface area (Å²) in [6.07, 6.45) is -2.65. The van der Waals surface area contributed by atoms with Crippen LogP contribution in [0.4, 0.5) is 18.9 Å². The van der Waals surface area contributed by atoms with Crippen LogP contribution in [0, 0.1) is 13.8 Å². The van der Waals surface area contributed by atoms with Gasteiger partial charge in [0.05, 0.1) is 17.3 Å². The molecule has 0 fully saturated rings. The minimum Gasteiger partial charge on any atom is -0.482 e. The number of carboxylic acids is 1. The predicted molar refractivity (Wildman–Crippen MR) is 130 cm³/mol. The van der Waals surface area contributed by atoms with Crippen LogP contribution in [0.1, 0.15) is 48.2 Å². The highest BCUT2D eigenvalue weighted by Crippen LogP contribution is 2.35.